The van der Waals surface area contributed by atoms with Crippen LogP contribution in [0.25, 0.3) is 11.1 Å². The highest BCUT2D eigenvalue weighted by molar-refractivity contribution is 9.10. The van der Waals surface area contributed by atoms with Crippen LogP contribution in [0.15, 0.2) is 40.9 Å². The van der Waals surface area contributed by atoms with Gasteiger partial charge >= 0.3 is 0 Å². The third-order valence-corrected chi connectivity index (χ3v) is 3.77. The zero-order chi connectivity index (χ0) is 12.5. The van der Waals surface area contributed by atoms with Crippen molar-refractivity contribution >= 4 is 15.9 Å². The fourth-order valence-corrected chi connectivity index (χ4v) is 2.59. The molecule has 0 saturated carbocycles. The maximum atomic E-state index is 13.2. The van der Waals surface area contributed by atoms with Crippen molar-refractivity contribution in [3.05, 3.63) is 52.3 Å². The zero-order valence-corrected chi connectivity index (χ0v) is 11.3. The Balaban J connectivity index is 2.03. The Bertz CT molecular complexity index is 595. The minimum Gasteiger partial charge on any atom is -0.493 e. The summed E-state index contributed by atoms with van der Waals surface area (Å²) in [7, 11) is 0. The predicted molar refractivity (Wildman–Crippen MR) is 73.4 cm³/mol. The standard InChI is InChI=1S/C15H12BrFO/c16-13-9-11(3-5-14(13)17)10-4-6-15-12(8-10)2-1-7-18-15/h3-6,8-9H,1-2,7H2. The van der Waals surface area contributed by atoms with Gasteiger partial charge in [-0.15, -0.1) is 0 Å². The molecule has 1 aliphatic rings. The lowest BCUT2D eigenvalue weighted by molar-refractivity contribution is 0.288. The van der Waals surface area contributed by atoms with E-state index in [-0.39, 0.29) is 5.82 Å². The Morgan fingerprint density at radius 3 is 2.67 bits per heavy atom. The molecule has 0 aromatic heterocycles. The molecule has 0 unspecified atom stereocenters. The molecular weight excluding hydrogens is 295 g/mol. The molecule has 2 aromatic rings. The first-order valence-corrected chi connectivity index (χ1v) is 6.74. The van der Waals surface area contributed by atoms with Crippen molar-refractivity contribution < 1.29 is 9.13 Å². The van der Waals surface area contributed by atoms with Crippen LogP contribution in [0, 0.1) is 5.82 Å². The Morgan fingerprint density at radius 2 is 1.83 bits per heavy atom. The monoisotopic (exact) mass is 306 g/mol. The van der Waals surface area contributed by atoms with Gasteiger partial charge in [-0.05, 0) is 69.7 Å². The van der Waals surface area contributed by atoms with Gasteiger partial charge in [0.25, 0.3) is 0 Å². The van der Waals surface area contributed by atoms with E-state index < -0.39 is 0 Å². The third-order valence-electron chi connectivity index (χ3n) is 3.16. The molecular formula is C15H12BrFO. The third kappa shape index (κ3) is 2.15. The van der Waals surface area contributed by atoms with Gasteiger partial charge in [-0.1, -0.05) is 12.1 Å². The van der Waals surface area contributed by atoms with E-state index in [1.165, 1.54) is 11.6 Å². The van der Waals surface area contributed by atoms with Crippen LogP contribution in [0.2, 0.25) is 0 Å². The Morgan fingerprint density at radius 1 is 1.06 bits per heavy atom. The quantitative estimate of drug-likeness (QED) is 0.749. The first-order chi connectivity index (χ1) is 8.74. The van der Waals surface area contributed by atoms with E-state index >= 15 is 0 Å². The minimum atomic E-state index is -0.236. The second-order valence-electron chi connectivity index (χ2n) is 4.40. The fraction of sp³-hybridized carbons (Fsp3) is 0.200. The van der Waals surface area contributed by atoms with Crippen LogP contribution in [0.4, 0.5) is 4.39 Å². The highest BCUT2D eigenvalue weighted by Gasteiger charge is 2.11. The number of rotatable bonds is 1. The van der Waals surface area contributed by atoms with Gasteiger partial charge in [-0.2, -0.15) is 0 Å². The number of halogens is 2. The highest BCUT2D eigenvalue weighted by atomic mass is 79.9. The average Bonchev–Trinajstić information content (AvgIpc) is 2.41. The smallest absolute Gasteiger partial charge is 0.137 e. The second-order valence-corrected chi connectivity index (χ2v) is 5.26. The summed E-state index contributed by atoms with van der Waals surface area (Å²) in [5.41, 5.74) is 3.34. The summed E-state index contributed by atoms with van der Waals surface area (Å²) in [6.07, 6.45) is 2.11. The van der Waals surface area contributed by atoms with Gasteiger partial charge in [-0.3, -0.25) is 0 Å². The van der Waals surface area contributed by atoms with Gasteiger partial charge in [0, 0.05) is 0 Å². The number of hydrogen-bond donors (Lipinski definition) is 0. The topological polar surface area (TPSA) is 9.23 Å². The van der Waals surface area contributed by atoms with E-state index in [1.807, 2.05) is 12.1 Å². The van der Waals surface area contributed by atoms with E-state index in [2.05, 4.69) is 22.0 Å². The van der Waals surface area contributed by atoms with Crippen molar-refractivity contribution in [2.75, 3.05) is 6.61 Å². The molecule has 1 nitrogen and oxygen atoms in total. The molecule has 3 rings (SSSR count). The SMILES string of the molecule is Fc1ccc(-c2ccc3c(c2)CCCO3)cc1Br. The summed E-state index contributed by atoms with van der Waals surface area (Å²) in [6, 6.07) is 11.2. The largest absolute Gasteiger partial charge is 0.493 e. The summed E-state index contributed by atoms with van der Waals surface area (Å²) in [6.45, 7) is 0.800. The van der Waals surface area contributed by atoms with Crippen molar-refractivity contribution in [2.24, 2.45) is 0 Å². The average molecular weight is 307 g/mol. The van der Waals surface area contributed by atoms with Crippen molar-refractivity contribution in [1.82, 2.24) is 0 Å². The van der Waals surface area contributed by atoms with Crippen LogP contribution in [0.1, 0.15) is 12.0 Å². The van der Waals surface area contributed by atoms with Crippen molar-refractivity contribution in [3.63, 3.8) is 0 Å². The molecule has 92 valence electrons. The maximum absolute atomic E-state index is 13.2. The lowest BCUT2D eigenvalue weighted by Gasteiger charge is -2.18. The van der Waals surface area contributed by atoms with Crippen LogP contribution < -0.4 is 4.74 Å². The summed E-state index contributed by atoms with van der Waals surface area (Å²) in [4.78, 5) is 0. The highest BCUT2D eigenvalue weighted by Crippen LogP contribution is 2.31. The lowest BCUT2D eigenvalue weighted by atomic mass is 9.99. The maximum Gasteiger partial charge on any atom is 0.137 e. The predicted octanol–water partition coefficient (Wildman–Crippen LogP) is 4.58. The molecule has 0 amide bonds. The number of ether oxygens (including phenoxy) is 1. The van der Waals surface area contributed by atoms with Crippen molar-refractivity contribution in [1.29, 1.82) is 0 Å². The summed E-state index contributed by atoms with van der Waals surface area (Å²) in [5, 5.41) is 0. The molecule has 0 fully saturated rings. The number of hydrogen-bond acceptors (Lipinski definition) is 1. The van der Waals surface area contributed by atoms with Crippen LogP contribution in [0.3, 0.4) is 0 Å². The Kier molecular flexibility index (Phi) is 3.08. The zero-order valence-electron chi connectivity index (χ0n) is 9.75. The fourth-order valence-electron chi connectivity index (χ4n) is 2.22. The van der Waals surface area contributed by atoms with E-state index in [4.69, 9.17) is 4.74 Å². The van der Waals surface area contributed by atoms with E-state index in [0.717, 1.165) is 36.3 Å². The molecule has 2 aromatic carbocycles. The molecule has 0 bridgehead atoms. The van der Waals surface area contributed by atoms with Gasteiger partial charge < -0.3 is 4.74 Å². The van der Waals surface area contributed by atoms with Crippen LogP contribution in [-0.4, -0.2) is 6.61 Å². The normalized spacial score (nSPS) is 13.9. The van der Waals surface area contributed by atoms with Gasteiger partial charge in [0.1, 0.15) is 11.6 Å². The van der Waals surface area contributed by atoms with E-state index in [1.54, 1.807) is 12.1 Å². The lowest BCUT2D eigenvalue weighted by Crippen LogP contribution is -2.07. The van der Waals surface area contributed by atoms with Gasteiger partial charge in [0.2, 0.25) is 0 Å². The summed E-state index contributed by atoms with van der Waals surface area (Å²) in [5.74, 6) is 0.742. The van der Waals surface area contributed by atoms with E-state index in [9.17, 15) is 4.39 Å². The second kappa shape index (κ2) is 4.73. The minimum absolute atomic E-state index is 0.236. The number of benzene rings is 2. The molecule has 0 N–H and O–H groups in total. The molecule has 0 spiro atoms. The number of aryl methyl sites for hydroxylation is 1. The van der Waals surface area contributed by atoms with E-state index in [0.29, 0.717) is 4.47 Å². The first-order valence-electron chi connectivity index (χ1n) is 5.95. The molecule has 0 aliphatic carbocycles. The Hall–Kier alpha value is -1.35. The Labute approximate surface area is 114 Å². The summed E-state index contributed by atoms with van der Waals surface area (Å²) < 4.78 is 19.3. The molecule has 1 heterocycles. The van der Waals surface area contributed by atoms with Crippen molar-refractivity contribution in [2.45, 2.75) is 12.8 Å². The molecule has 0 radical (unpaired) electrons. The van der Waals surface area contributed by atoms with Gasteiger partial charge in [0.15, 0.2) is 0 Å². The first kappa shape index (κ1) is 11.7. The van der Waals surface area contributed by atoms with Gasteiger partial charge in [0.05, 0.1) is 11.1 Å². The number of fused-ring (bicyclic) bond motifs is 1. The van der Waals surface area contributed by atoms with Gasteiger partial charge in [-0.25, -0.2) is 4.39 Å². The van der Waals surface area contributed by atoms with Crippen molar-refractivity contribution in [3.8, 4) is 16.9 Å². The molecule has 1 aliphatic heterocycles. The van der Waals surface area contributed by atoms with Crippen LogP contribution >= 0.6 is 15.9 Å². The summed E-state index contributed by atoms with van der Waals surface area (Å²) >= 11 is 3.22. The molecule has 3 heteroatoms. The van der Waals surface area contributed by atoms with Crippen LogP contribution in [-0.2, 0) is 6.42 Å². The molecule has 0 saturated heterocycles. The molecule has 18 heavy (non-hydrogen) atoms. The molecule has 0 atom stereocenters. The van der Waals surface area contributed by atoms with Crippen LogP contribution in [0.5, 0.6) is 5.75 Å².